The van der Waals surface area contributed by atoms with Crippen LogP contribution in [-0.4, -0.2) is 44.0 Å². The molecule has 1 aliphatic heterocycles. The summed E-state index contributed by atoms with van der Waals surface area (Å²) in [5, 5.41) is 7.07. The van der Waals surface area contributed by atoms with Crippen molar-refractivity contribution >= 4 is 40.0 Å². The van der Waals surface area contributed by atoms with E-state index in [1.807, 2.05) is 38.1 Å². The molecule has 0 spiro atoms. The number of aromatic nitrogens is 4. The van der Waals surface area contributed by atoms with Crippen molar-refractivity contribution in [1.82, 2.24) is 24.4 Å². The van der Waals surface area contributed by atoms with E-state index >= 15 is 0 Å². The van der Waals surface area contributed by atoms with Gasteiger partial charge in [0.2, 0.25) is 0 Å². The Bertz CT molecular complexity index is 1500. The topological polar surface area (TPSA) is 105 Å². The molecule has 1 aliphatic rings. The molecule has 1 amide bonds. The number of amides is 1. The lowest BCUT2D eigenvalue weighted by Crippen LogP contribution is -2.38. The van der Waals surface area contributed by atoms with E-state index in [-0.39, 0.29) is 11.5 Å². The minimum Gasteiger partial charge on any atom is -0.360 e. The third kappa shape index (κ3) is 3.63. The fourth-order valence-corrected chi connectivity index (χ4v) is 4.32. The van der Waals surface area contributed by atoms with Crippen LogP contribution in [0.25, 0.3) is 16.6 Å². The maximum Gasteiger partial charge on any atom is 0.267 e. The van der Waals surface area contributed by atoms with Crippen LogP contribution in [0.5, 0.6) is 0 Å². The average molecular weight is 476 g/mol. The van der Waals surface area contributed by atoms with Gasteiger partial charge < -0.3 is 15.5 Å². The molecule has 0 radical (unpaired) electrons. The van der Waals surface area contributed by atoms with E-state index in [1.54, 1.807) is 34.7 Å². The number of rotatable bonds is 4. The normalized spacial score (nSPS) is 14.0. The Morgan fingerprint density at radius 2 is 1.94 bits per heavy atom. The Morgan fingerprint density at radius 3 is 2.74 bits per heavy atom. The summed E-state index contributed by atoms with van der Waals surface area (Å²) < 4.78 is 1.55. The van der Waals surface area contributed by atoms with Crippen LogP contribution < -0.4 is 16.2 Å². The van der Waals surface area contributed by atoms with Crippen LogP contribution in [0, 0.1) is 6.92 Å². The van der Waals surface area contributed by atoms with Gasteiger partial charge in [-0.25, -0.2) is 15.0 Å². The van der Waals surface area contributed by atoms with Crippen LogP contribution in [0.1, 0.15) is 34.7 Å². The monoisotopic (exact) mass is 475 g/mol. The molecular weight excluding hydrogens is 454 g/mol. The minimum absolute atomic E-state index is 0.196. The van der Waals surface area contributed by atoms with E-state index in [9.17, 15) is 9.59 Å². The predicted octanol–water partition coefficient (Wildman–Crippen LogP) is 3.77. The van der Waals surface area contributed by atoms with E-state index in [4.69, 9.17) is 16.6 Å². The lowest BCUT2D eigenvalue weighted by molar-refractivity contribution is 0.0796. The van der Waals surface area contributed by atoms with Crippen molar-refractivity contribution in [3.05, 3.63) is 81.1 Å². The Morgan fingerprint density at radius 1 is 1.15 bits per heavy atom. The van der Waals surface area contributed by atoms with Crippen LogP contribution in [-0.2, 0) is 0 Å². The van der Waals surface area contributed by atoms with Crippen LogP contribution >= 0.6 is 11.6 Å². The first-order valence-corrected chi connectivity index (χ1v) is 11.1. The number of anilines is 2. The summed E-state index contributed by atoms with van der Waals surface area (Å²) in [4.78, 5) is 41.4. The zero-order valence-corrected chi connectivity index (χ0v) is 19.6. The highest BCUT2D eigenvalue weighted by Gasteiger charge is 2.28. The van der Waals surface area contributed by atoms with Crippen molar-refractivity contribution in [3.63, 3.8) is 0 Å². The maximum absolute atomic E-state index is 13.7. The fourth-order valence-electron chi connectivity index (χ4n) is 4.07. The molecule has 172 valence electrons. The van der Waals surface area contributed by atoms with Crippen molar-refractivity contribution in [2.75, 3.05) is 24.3 Å². The molecular formula is C24H22ClN7O2. The number of halogens is 1. The van der Waals surface area contributed by atoms with E-state index in [0.29, 0.717) is 51.3 Å². The van der Waals surface area contributed by atoms with Gasteiger partial charge in [-0.2, -0.15) is 0 Å². The van der Waals surface area contributed by atoms with Crippen molar-refractivity contribution in [1.29, 1.82) is 0 Å². The number of nitrogens with zero attached hydrogens (tertiary/aromatic N) is 5. The van der Waals surface area contributed by atoms with Gasteiger partial charge in [0.05, 0.1) is 34.3 Å². The Kier molecular flexibility index (Phi) is 5.41. The number of benzene rings is 2. The lowest BCUT2D eigenvalue weighted by Gasteiger charge is -2.27. The number of carbonyl (C=O) groups excluding carboxylic acids is 1. The third-order valence-corrected chi connectivity index (χ3v) is 6.08. The Balaban J connectivity index is 1.68. The molecule has 0 unspecified atom stereocenters. The maximum atomic E-state index is 13.7. The van der Waals surface area contributed by atoms with Crippen molar-refractivity contribution in [3.8, 4) is 5.69 Å². The van der Waals surface area contributed by atoms with Crippen LogP contribution in [0.15, 0.2) is 53.6 Å². The molecule has 9 nitrogen and oxygen atoms in total. The second kappa shape index (κ2) is 8.42. The SMILES string of the molecule is Cc1cccc(-n2c([C@H](C)Nc3ncnc4c3C(=O)N(C)CN4)nc3cccc(Cl)c3c2=O)c1. The molecule has 1 atom stereocenters. The first-order valence-electron chi connectivity index (χ1n) is 10.7. The van der Waals surface area contributed by atoms with Crippen LogP contribution in [0.2, 0.25) is 5.02 Å². The smallest absolute Gasteiger partial charge is 0.267 e. The van der Waals surface area contributed by atoms with Gasteiger partial charge in [-0.3, -0.25) is 14.2 Å². The van der Waals surface area contributed by atoms with Gasteiger partial charge in [-0.1, -0.05) is 29.8 Å². The molecule has 2 aromatic heterocycles. The largest absolute Gasteiger partial charge is 0.360 e. The summed E-state index contributed by atoms with van der Waals surface area (Å²) in [5.74, 6) is 1.08. The summed E-state index contributed by atoms with van der Waals surface area (Å²) in [6, 6.07) is 12.3. The molecule has 34 heavy (non-hydrogen) atoms. The number of fused-ring (bicyclic) bond motifs is 2. The van der Waals surface area contributed by atoms with Gasteiger partial charge in [0.1, 0.15) is 29.4 Å². The molecule has 3 heterocycles. The summed E-state index contributed by atoms with van der Waals surface area (Å²) in [6.45, 7) is 4.18. The van der Waals surface area contributed by atoms with E-state index < -0.39 is 6.04 Å². The second-order valence-electron chi connectivity index (χ2n) is 8.23. The number of carbonyl (C=O) groups is 1. The first kappa shape index (κ1) is 21.8. The molecule has 4 aromatic rings. The highest BCUT2D eigenvalue weighted by molar-refractivity contribution is 6.35. The number of hydrogen-bond donors (Lipinski definition) is 2. The van der Waals surface area contributed by atoms with Gasteiger partial charge >= 0.3 is 0 Å². The molecule has 0 saturated carbocycles. The number of aryl methyl sites for hydroxylation is 1. The van der Waals surface area contributed by atoms with Gasteiger partial charge in [-0.05, 0) is 43.7 Å². The molecule has 0 saturated heterocycles. The standard InChI is InChI=1S/C24H22ClN7O2/c1-13-6-4-7-15(10-13)32-22(30-17-9-5-8-16(25)18(17)24(32)34)14(2)29-21-19-20(26-11-27-21)28-12-31(3)23(19)33/h4-11,14H,12H2,1-3H3,(H2,26,27,28,29)/t14-/m0/s1. The van der Waals surface area contributed by atoms with E-state index in [1.165, 1.54) is 6.33 Å². The summed E-state index contributed by atoms with van der Waals surface area (Å²) in [5.41, 5.74) is 2.24. The van der Waals surface area contributed by atoms with Gasteiger partial charge in [-0.15, -0.1) is 0 Å². The van der Waals surface area contributed by atoms with Gasteiger partial charge in [0, 0.05) is 7.05 Å². The zero-order chi connectivity index (χ0) is 24.0. The van der Waals surface area contributed by atoms with Crippen molar-refractivity contribution in [2.24, 2.45) is 0 Å². The highest BCUT2D eigenvalue weighted by Crippen LogP contribution is 2.29. The van der Waals surface area contributed by atoms with E-state index in [2.05, 4.69) is 20.6 Å². The first-order chi connectivity index (χ1) is 16.3. The summed E-state index contributed by atoms with van der Waals surface area (Å²) in [7, 11) is 1.70. The molecule has 0 fully saturated rings. The average Bonchev–Trinajstić information content (AvgIpc) is 2.81. The number of hydrogen-bond acceptors (Lipinski definition) is 7. The molecule has 2 N–H and O–H groups in total. The number of nitrogens with one attached hydrogen (secondary N) is 2. The minimum atomic E-state index is -0.490. The lowest BCUT2D eigenvalue weighted by atomic mass is 10.1. The molecule has 0 bridgehead atoms. The highest BCUT2D eigenvalue weighted by atomic mass is 35.5. The molecule has 0 aliphatic carbocycles. The van der Waals surface area contributed by atoms with E-state index in [0.717, 1.165) is 5.56 Å². The van der Waals surface area contributed by atoms with Crippen LogP contribution in [0.3, 0.4) is 0 Å². The quantitative estimate of drug-likeness (QED) is 0.463. The third-order valence-electron chi connectivity index (χ3n) is 5.76. The second-order valence-corrected chi connectivity index (χ2v) is 8.64. The van der Waals surface area contributed by atoms with Crippen LogP contribution in [0.4, 0.5) is 11.6 Å². The summed E-state index contributed by atoms with van der Waals surface area (Å²) >= 11 is 6.39. The van der Waals surface area contributed by atoms with Crippen molar-refractivity contribution in [2.45, 2.75) is 19.9 Å². The molecule has 2 aromatic carbocycles. The van der Waals surface area contributed by atoms with Gasteiger partial charge in [0.15, 0.2) is 0 Å². The molecule has 10 heteroatoms. The van der Waals surface area contributed by atoms with Gasteiger partial charge in [0.25, 0.3) is 11.5 Å². The summed E-state index contributed by atoms with van der Waals surface area (Å²) in [6.07, 6.45) is 1.39. The van der Waals surface area contributed by atoms with Crippen molar-refractivity contribution < 1.29 is 4.79 Å². The Hall–Kier alpha value is -3.98. The molecule has 5 rings (SSSR count). The zero-order valence-electron chi connectivity index (χ0n) is 18.8. The Labute approximate surface area is 200 Å². The predicted molar refractivity (Wildman–Crippen MR) is 132 cm³/mol. The fraction of sp³-hybridized carbons (Fsp3) is 0.208.